The van der Waals surface area contributed by atoms with E-state index in [-0.39, 0.29) is 0 Å². The van der Waals surface area contributed by atoms with Crippen molar-refractivity contribution >= 4 is 0 Å². The molecule has 0 aromatic heterocycles. The molecule has 15 aromatic carbocycles. The molecule has 0 fully saturated rings. The lowest BCUT2D eigenvalue weighted by molar-refractivity contribution is 0.764. The van der Waals surface area contributed by atoms with Gasteiger partial charge in [-0.1, -0.05) is 303 Å². The summed E-state index contributed by atoms with van der Waals surface area (Å²) in [6.07, 6.45) is 0. The summed E-state index contributed by atoms with van der Waals surface area (Å²) in [5, 5.41) is 0. The number of fused-ring (bicyclic) bond motifs is 14. The Labute approximate surface area is 538 Å². The van der Waals surface area contributed by atoms with Gasteiger partial charge in [-0.25, -0.2) is 0 Å². The maximum atomic E-state index is 2.53. The van der Waals surface area contributed by atoms with Crippen LogP contribution < -0.4 is 0 Å². The minimum absolute atomic E-state index is 0.491. The van der Waals surface area contributed by atoms with Crippen molar-refractivity contribution in [3.8, 4) is 122 Å². The Morgan fingerprint density at radius 2 is 0.359 bits per heavy atom. The van der Waals surface area contributed by atoms with Crippen LogP contribution in [0.2, 0.25) is 0 Å². The van der Waals surface area contributed by atoms with E-state index in [4.69, 9.17) is 0 Å². The molecule has 3 aliphatic carbocycles. The molecule has 92 heavy (non-hydrogen) atoms. The summed E-state index contributed by atoms with van der Waals surface area (Å²) in [5.41, 5.74) is 35.9. The zero-order valence-electron chi connectivity index (χ0n) is 50.6. The average molecular weight is 1170 g/mol. The number of hydrogen-bond acceptors (Lipinski definition) is 0. The standard InChI is InChI=1S/C92H60/c1-5-25-61(26-6-1)71-53-72(62-27-7-2-8-28-62)56-75(55-71)67-35-21-33-65(51-67)69-37-23-39-77(59-69)91(78-40-24-38-70(60-78)66-34-22-36-68(52-66)76-57-73(63-29-9-3-10-30-63)54-74(58-76)64-31-11-4-12-32-64)85-47-19-15-43-81(85)89-87(91)49-50-88-90(89)82-44-16-20-48-86(82)92(88)83-45-17-13-41-79(83)80-42-14-18-46-84(80)92/h1-60H. The first-order valence-corrected chi connectivity index (χ1v) is 32.1. The van der Waals surface area contributed by atoms with Crippen molar-refractivity contribution in [1.82, 2.24) is 0 Å². The fraction of sp³-hybridized carbons (Fsp3) is 0.0217. The first-order chi connectivity index (χ1) is 45.6. The quantitative estimate of drug-likeness (QED) is 0.128. The fourth-order valence-corrected chi connectivity index (χ4v) is 16.1. The van der Waals surface area contributed by atoms with Gasteiger partial charge in [0, 0.05) is 0 Å². The van der Waals surface area contributed by atoms with Gasteiger partial charge in [0.1, 0.15) is 0 Å². The predicted molar refractivity (Wildman–Crippen MR) is 384 cm³/mol. The molecule has 0 aliphatic heterocycles. The molecular weight excluding hydrogens is 1110 g/mol. The molecule has 18 rings (SSSR count). The van der Waals surface area contributed by atoms with E-state index < -0.39 is 10.8 Å². The summed E-state index contributed by atoms with van der Waals surface area (Å²) in [6.45, 7) is 0. The third kappa shape index (κ3) is 8.31. The molecule has 0 saturated carbocycles. The van der Waals surface area contributed by atoms with E-state index >= 15 is 0 Å². The Morgan fingerprint density at radius 3 is 0.717 bits per heavy atom. The van der Waals surface area contributed by atoms with Crippen molar-refractivity contribution < 1.29 is 0 Å². The second kappa shape index (κ2) is 21.5. The molecule has 0 amide bonds. The highest BCUT2D eigenvalue weighted by atomic mass is 14.6. The van der Waals surface area contributed by atoms with Crippen LogP contribution in [0, 0.1) is 0 Å². The zero-order valence-corrected chi connectivity index (χ0v) is 50.6. The lowest BCUT2D eigenvalue weighted by atomic mass is 9.66. The van der Waals surface area contributed by atoms with Gasteiger partial charge in [0.05, 0.1) is 10.8 Å². The number of rotatable bonds is 10. The number of benzene rings is 15. The van der Waals surface area contributed by atoms with E-state index in [1.165, 1.54) is 156 Å². The van der Waals surface area contributed by atoms with Crippen LogP contribution in [0.25, 0.3) is 122 Å². The van der Waals surface area contributed by atoms with E-state index in [1.807, 2.05) is 0 Å². The Kier molecular flexibility index (Phi) is 12.5. The maximum absolute atomic E-state index is 2.53. The lowest BCUT2D eigenvalue weighted by Crippen LogP contribution is -2.29. The minimum atomic E-state index is -0.748. The van der Waals surface area contributed by atoms with Crippen LogP contribution in [-0.4, -0.2) is 0 Å². The van der Waals surface area contributed by atoms with E-state index in [0.717, 1.165) is 11.1 Å². The summed E-state index contributed by atoms with van der Waals surface area (Å²) < 4.78 is 0. The molecule has 0 unspecified atom stereocenters. The smallest absolute Gasteiger partial charge is 0.0622 e. The lowest BCUT2D eigenvalue weighted by Gasteiger charge is -2.35. The van der Waals surface area contributed by atoms with E-state index in [2.05, 4.69) is 364 Å². The highest BCUT2D eigenvalue weighted by Crippen LogP contribution is 2.68. The van der Waals surface area contributed by atoms with Gasteiger partial charge in [-0.3, -0.25) is 0 Å². The predicted octanol–water partition coefficient (Wildman–Crippen LogP) is 23.7. The normalized spacial score (nSPS) is 13.2. The molecule has 0 bridgehead atoms. The van der Waals surface area contributed by atoms with Gasteiger partial charge in [-0.2, -0.15) is 0 Å². The molecule has 15 aromatic rings. The Morgan fingerprint density at radius 1 is 0.130 bits per heavy atom. The Balaban J connectivity index is 0.848. The van der Waals surface area contributed by atoms with Gasteiger partial charge in [0.15, 0.2) is 0 Å². The molecular formula is C92H60. The summed E-state index contributed by atoms with van der Waals surface area (Å²) in [7, 11) is 0. The van der Waals surface area contributed by atoms with Crippen molar-refractivity contribution in [2.75, 3.05) is 0 Å². The SMILES string of the molecule is c1ccc(-c2cc(-c3ccccc3)cc(-c3cccc(-c4cccc(C5(c6cccc(-c7cccc(-c8cc(-c9ccccc9)cc(-c9ccccc9)c8)c7)c6)c6ccccc6-c6c5ccc5c6-c6ccccc6C56c5ccccc5-c5ccccc56)c4)c3)c2)cc1. The molecule has 3 aliphatic rings. The minimum Gasteiger partial charge on any atom is -0.0622 e. The van der Waals surface area contributed by atoms with Crippen molar-refractivity contribution in [2.45, 2.75) is 10.8 Å². The second-order valence-electron chi connectivity index (χ2n) is 25.0. The van der Waals surface area contributed by atoms with Crippen molar-refractivity contribution in [2.24, 2.45) is 0 Å². The van der Waals surface area contributed by atoms with Crippen LogP contribution in [0.5, 0.6) is 0 Å². The maximum Gasteiger partial charge on any atom is 0.0725 e. The molecule has 0 atom stereocenters. The largest absolute Gasteiger partial charge is 0.0725 e. The van der Waals surface area contributed by atoms with Crippen LogP contribution in [-0.2, 0) is 10.8 Å². The van der Waals surface area contributed by atoms with Gasteiger partial charge < -0.3 is 0 Å². The molecule has 0 heteroatoms. The molecule has 0 nitrogen and oxygen atoms in total. The van der Waals surface area contributed by atoms with Crippen LogP contribution in [0.4, 0.5) is 0 Å². The summed E-state index contributed by atoms with van der Waals surface area (Å²) in [5.74, 6) is 0. The van der Waals surface area contributed by atoms with E-state index in [1.54, 1.807) is 0 Å². The van der Waals surface area contributed by atoms with Gasteiger partial charge >= 0.3 is 0 Å². The van der Waals surface area contributed by atoms with E-state index in [0.29, 0.717) is 0 Å². The molecule has 0 N–H and O–H groups in total. The fourth-order valence-electron chi connectivity index (χ4n) is 16.1. The Hall–Kier alpha value is -11.7. The third-order valence-corrected chi connectivity index (χ3v) is 20.1. The molecule has 0 saturated heterocycles. The van der Waals surface area contributed by atoms with Gasteiger partial charge in [-0.15, -0.1) is 0 Å². The summed E-state index contributed by atoms with van der Waals surface area (Å²) >= 11 is 0. The van der Waals surface area contributed by atoms with Crippen LogP contribution in [0.1, 0.15) is 44.5 Å². The van der Waals surface area contributed by atoms with Gasteiger partial charge in [0.25, 0.3) is 0 Å². The molecule has 1 spiro atoms. The van der Waals surface area contributed by atoms with Gasteiger partial charge in [-0.05, 0) is 228 Å². The summed E-state index contributed by atoms with van der Waals surface area (Å²) in [6, 6.07) is 137. The average Bonchev–Trinajstić information content (AvgIpc) is 1.49. The topological polar surface area (TPSA) is 0 Å². The second-order valence-corrected chi connectivity index (χ2v) is 25.0. The van der Waals surface area contributed by atoms with Crippen molar-refractivity contribution in [3.05, 3.63) is 408 Å². The monoisotopic (exact) mass is 1160 g/mol. The first-order valence-electron chi connectivity index (χ1n) is 32.1. The first kappa shape index (κ1) is 53.3. The molecule has 428 valence electrons. The van der Waals surface area contributed by atoms with Crippen molar-refractivity contribution in [1.29, 1.82) is 0 Å². The highest BCUT2D eigenvalue weighted by Gasteiger charge is 2.55. The highest BCUT2D eigenvalue weighted by molar-refractivity contribution is 6.04. The van der Waals surface area contributed by atoms with Gasteiger partial charge in [0.2, 0.25) is 0 Å². The van der Waals surface area contributed by atoms with Crippen LogP contribution in [0.3, 0.4) is 0 Å². The summed E-state index contributed by atoms with van der Waals surface area (Å²) in [4.78, 5) is 0. The van der Waals surface area contributed by atoms with E-state index in [9.17, 15) is 0 Å². The van der Waals surface area contributed by atoms with Crippen molar-refractivity contribution in [3.63, 3.8) is 0 Å². The number of hydrogen-bond donors (Lipinski definition) is 0. The molecule has 0 heterocycles. The third-order valence-electron chi connectivity index (χ3n) is 20.1. The zero-order chi connectivity index (χ0) is 60.7. The van der Waals surface area contributed by atoms with Crippen LogP contribution in [0.15, 0.2) is 364 Å². The molecule has 0 radical (unpaired) electrons. The Bertz CT molecular complexity index is 5010. The van der Waals surface area contributed by atoms with Crippen LogP contribution >= 0.6 is 0 Å².